The Bertz CT molecular complexity index is 388. The van der Waals surface area contributed by atoms with Crippen molar-refractivity contribution in [3.63, 3.8) is 0 Å². The smallest absolute Gasteiger partial charge is 0.118 e. The van der Waals surface area contributed by atoms with Crippen LogP contribution in [0, 0.1) is 0 Å². The maximum atomic E-state index is 5.21. The standard InChI is InChI=1S/C16H26N2O/c1-12(2)17-15-9-10-18(11-15)13(3)14-5-7-16(19-4)8-6-14/h5-8,12-13,15,17H,9-11H2,1-4H3. The number of nitrogens with one attached hydrogen (secondary N) is 1. The summed E-state index contributed by atoms with van der Waals surface area (Å²) in [4.78, 5) is 2.56. The minimum absolute atomic E-state index is 0.477. The molecule has 3 heteroatoms. The fraction of sp³-hybridized carbons (Fsp3) is 0.625. The first-order valence-electron chi connectivity index (χ1n) is 7.24. The molecule has 0 aromatic heterocycles. The quantitative estimate of drug-likeness (QED) is 0.883. The lowest BCUT2D eigenvalue weighted by Crippen LogP contribution is -2.37. The number of hydrogen-bond donors (Lipinski definition) is 1. The van der Waals surface area contributed by atoms with Crippen LogP contribution in [0.3, 0.4) is 0 Å². The van der Waals surface area contributed by atoms with Crippen LogP contribution >= 0.6 is 0 Å². The lowest BCUT2D eigenvalue weighted by atomic mass is 10.1. The molecule has 0 radical (unpaired) electrons. The second-order valence-corrected chi connectivity index (χ2v) is 5.75. The summed E-state index contributed by atoms with van der Waals surface area (Å²) in [6.45, 7) is 9.05. The Balaban J connectivity index is 1.94. The second kappa shape index (κ2) is 6.40. The molecule has 1 aliphatic heterocycles. The molecule has 19 heavy (non-hydrogen) atoms. The first-order chi connectivity index (χ1) is 9.10. The maximum Gasteiger partial charge on any atom is 0.118 e. The van der Waals surface area contributed by atoms with Gasteiger partial charge in [0.2, 0.25) is 0 Å². The van der Waals surface area contributed by atoms with Crippen LogP contribution in [0.15, 0.2) is 24.3 Å². The van der Waals surface area contributed by atoms with E-state index in [1.54, 1.807) is 7.11 Å². The average molecular weight is 262 g/mol. The molecule has 1 aromatic carbocycles. The molecule has 1 saturated heterocycles. The molecule has 2 atom stereocenters. The molecule has 0 saturated carbocycles. The van der Waals surface area contributed by atoms with Crippen LogP contribution < -0.4 is 10.1 Å². The summed E-state index contributed by atoms with van der Waals surface area (Å²) < 4.78 is 5.21. The van der Waals surface area contributed by atoms with E-state index in [1.807, 2.05) is 12.1 Å². The van der Waals surface area contributed by atoms with E-state index in [1.165, 1.54) is 18.5 Å². The van der Waals surface area contributed by atoms with Crippen molar-refractivity contribution in [1.29, 1.82) is 0 Å². The van der Waals surface area contributed by atoms with Gasteiger partial charge in [0.1, 0.15) is 5.75 Å². The molecule has 0 bridgehead atoms. The van der Waals surface area contributed by atoms with Gasteiger partial charge in [-0.3, -0.25) is 4.90 Å². The van der Waals surface area contributed by atoms with Gasteiger partial charge < -0.3 is 10.1 Å². The number of benzene rings is 1. The van der Waals surface area contributed by atoms with Crippen molar-refractivity contribution < 1.29 is 4.74 Å². The van der Waals surface area contributed by atoms with Crippen LogP contribution in [0.1, 0.15) is 38.8 Å². The van der Waals surface area contributed by atoms with Crippen molar-refractivity contribution >= 4 is 0 Å². The summed E-state index contributed by atoms with van der Waals surface area (Å²) in [5, 5.41) is 3.63. The molecule has 1 aliphatic rings. The number of hydrogen-bond acceptors (Lipinski definition) is 3. The van der Waals surface area contributed by atoms with Crippen LogP contribution in [-0.4, -0.2) is 37.2 Å². The highest BCUT2D eigenvalue weighted by Crippen LogP contribution is 2.26. The topological polar surface area (TPSA) is 24.5 Å². The van der Waals surface area contributed by atoms with Crippen LogP contribution in [0.25, 0.3) is 0 Å². The van der Waals surface area contributed by atoms with Gasteiger partial charge in [-0.2, -0.15) is 0 Å². The summed E-state index contributed by atoms with van der Waals surface area (Å²) in [6, 6.07) is 10.1. The summed E-state index contributed by atoms with van der Waals surface area (Å²) in [6.07, 6.45) is 1.25. The molecular formula is C16H26N2O. The third kappa shape index (κ3) is 3.71. The van der Waals surface area contributed by atoms with Crippen LogP contribution in [-0.2, 0) is 0 Å². The van der Waals surface area contributed by atoms with Gasteiger partial charge in [-0.1, -0.05) is 26.0 Å². The first kappa shape index (κ1) is 14.4. The molecular weight excluding hydrogens is 236 g/mol. The molecule has 0 amide bonds. The van der Waals surface area contributed by atoms with Crippen molar-refractivity contribution in [2.24, 2.45) is 0 Å². The van der Waals surface area contributed by atoms with Gasteiger partial charge >= 0.3 is 0 Å². The van der Waals surface area contributed by atoms with Crippen molar-refractivity contribution in [3.8, 4) is 5.75 Å². The molecule has 1 N–H and O–H groups in total. The summed E-state index contributed by atoms with van der Waals surface area (Å²) >= 11 is 0. The number of ether oxygens (including phenoxy) is 1. The third-order valence-corrected chi connectivity index (χ3v) is 3.93. The van der Waals surface area contributed by atoms with Crippen molar-refractivity contribution in [1.82, 2.24) is 10.2 Å². The van der Waals surface area contributed by atoms with Gasteiger partial charge in [0.05, 0.1) is 7.11 Å². The lowest BCUT2D eigenvalue weighted by molar-refractivity contribution is 0.254. The highest BCUT2D eigenvalue weighted by Gasteiger charge is 2.26. The van der Waals surface area contributed by atoms with Gasteiger partial charge in [-0.15, -0.1) is 0 Å². The van der Waals surface area contributed by atoms with Gasteiger partial charge in [0, 0.05) is 31.2 Å². The van der Waals surface area contributed by atoms with Crippen LogP contribution in [0.4, 0.5) is 0 Å². The fourth-order valence-corrected chi connectivity index (χ4v) is 2.84. The molecule has 1 aromatic rings. The van der Waals surface area contributed by atoms with E-state index in [4.69, 9.17) is 4.74 Å². The number of nitrogens with zero attached hydrogens (tertiary/aromatic N) is 1. The summed E-state index contributed by atoms with van der Waals surface area (Å²) in [5.74, 6) is 0.928. The lowest BCUT2D eigenvalue weighted by Gasteiger charge is -2.25. The molecule has 0 aliphatic carbocycles. The first-order valence-corrected chi connectivity index (χ1v) is 7.24. The SMILES string of the molecule is COc1ccc(C(C)N2CCC(NC(C)C)C2)cc1. The Kier molecular flexibility index (Phi) is 4.83. The minimum Gasteiger partial charge on any atom is -0.497 e. The highest BCUT2D eigenvalue weighted by atomic mass is 16.5. The average Bonchev–Trinajstić information content (AvgIpc) is 2.85. The molecule has 3 nitrogen and oxygen atoms in total. The van der Waals surface area contributed by atoms with E-state index in [0.717, 1.165) is 12.3 Å². The number of likely N-dealkylation sites (tertiary alicyclic amines) is 1. The van der Waals surface area contributed by atoms with E-state index in [0.29, 0.717) is 18.1 Å². The number of methoxy groups -OCH3 is 1. The summed E-state index contributed by atoms with van der Waals surface area (Å²) in [7, 11) is 1.71. The second-order valence-electron chi connectivity index (χ2n) is 5.75. The predicted octanol–water partition coefficient (Wildman–Crippen LogP) is 2.83. The Morgan fingerprint density at radius 1 is 1.21 bits per heavy atom. The predicted molar refractivity (Wildman–Crippen MR) is 79.7 cm³/mol. The van der Waals surface area contributed by atoms with Gasteiger partial charge in [-0.05, 0) is 31.0 Å². The van der Waals surface area contributed by atoms with E-state index in [-0.39, 0.29) is 0 Å². The third-order valence-electron chi connectivity index (χ3n) is 3.93. The fourth-order valence-electron chi connectivity index (χ4n) is 2.84. The highest BCUT2D eigenvalue weighted by molar-refractivity contribution is 5.29. The molecule has 1 heterocycles. The Labute approximate surface area is 116 Å². The zero-order valence-electron chi connectivity index (χ0n) is 12.5. The Morgan fingerprint density at radius 3 is 2.47 bits per heavy atom. The van der Waals surface area contributed by atoms with Gasteiger partial charge in [0.25, 0.3) is 0 Å². The van der Waals surface area contributed by atoms with Gasteiger partial charge in [-0.25, -0.2) is 0 Å². The van der Waals surface area contributed by atoms with Crippen molar-refractivity contribution in [2.75, 3.05) is 20.2 Å². The zero-order valence-corrected chi connectivity index (χ0v) is 12.5. The molecule has 1 fully saturated rings. The molecule has 2 unspecified atom stereocenters. The minimum atomic E-state index is 0.477. The molecule has 2 rings (SSSR count). The Morgan fingerprint density at radius 2 is 1.89 bits per heavy atom. The normalized spacial score (nSPS) is 21.8. The van der Waals surface area contributed by atoms with E-state index >= 15 is 0 Å². The molecule has 0 spiro atoms. The van der Waals surface area contributed by atoms with Crippen LogP contribution in [0.2, 0.25) is 0 Å². The monoisotopic (exact) mass is 262 g/mol. The van der Waals surface area contributed by atoms with E-state index < -0.39 is 0 Å². The zero-order chi connectivity index (χ0) is 13.8. The maximum absolute atomic E-state index is 5.21. The molecule has 106 valence electrons. The Hall–Kier alpha value is -1.06. The van der Waals surface area contributed by atoms with Crippen LogP contribution in [0.5, 0.6) is 5.75 Å². The largest absolute Gasteiger partial charge is 0.497 e. The van der Waals surface area contributed by atoms with E-state index in [2.05, 4.69) is 43.1 Å². The van der Waals surface area contributed by atoms with Crippen molar-refractivity contribution in [2.45, 2.75) is 45.3 Å². The van der Waals surface area contributed by atoms with Crippen molar-refractivity contribution in [3.05, 3.63) is 29.8 Å². The number of rotatable bonds is 5. The summed E-state index contributed by atoms with van der Waals surface area (Å²) in [5.41, 5.74) is 1.37. The van der Waals surface area contributed by atoms with E-state index in [9.17, 15) is 0 Å². The van der Waals surface area contributed by atoms with Gasteiger partial charge in [0.15, 0.2) is 0 Å².